The maximum Gasteiger partial charge on any atom is 0.238 e. The average Bonchev–Trinajstić information content (AvgIpc) is 2.40. The van der Waals surface area contributed by atoms with Gasteiger partial charge in [0, 0.05) is 13.1 Å². The van der Waals surface area contributed by atoms with E-state index in [2.05, 4.69) is 5.32 Å². The third-order valence-corrected chi connectivity index (χ3v) is 3.83. The normalized spacial score (nSPS) is 10.8. The van der Waals surface area contributed by atoms with Crippen LogP contribution in [0.25, 0.3) is 0 Å². The number of nitrogens with zero attached hydrogens (tertiary/aromatic N) is 2. The van der Waals surface area contributed by atoms with Crippen molar-refractivity contribution < 1.29 is 13.2 Å². The molecule has 114 valence electrons. The van der Waals surface area contributed by atoms with E-state index in [1.165, 1.54) is 12.1 Å². The summed E-state index contributed by atoms with van der Waals surface area (Å²) in [4.78, 5) is 13.5. The van der Waals surface area contributed by atoms with Crippen molar-refractivity contribution in [3.8, 4) is 6.07 Å². The van der Waals surface area contributed by atoms with Crippen LogP contribution in [0.5, 0.6) is 0 Å². The van der Waals surface area contributed by atoms with Crippen molar-refractivity contribution in [2.45, 2.75) is 25.2 Å². The predicted molar refractivity (Wildman–Crippen MR) is 80.2 cm³/mol. The molecule has 1 aromatic rings. The Bertz CT molecular complexity index is 660. The van der Waals surface area contributed by atoms with Gasteiger partial charge in [-0.1, -0.05) is 0 Å². The number of carbonyl (C=O) groups is 1. The van der Waals surface area contributed by atoms with E-state index in [0.717, 1.165) is 0 Å². The summed E-state index contributed by atoms with van der Waals surface area (Å²) in [6.07, 6.45) is -0.308. The highest BCUT2D eigenvalue weighted by Crippen LogP contribution is 2.28. The average molecular weight is 310 g/mol. The molecule has 0 fully saturated rings. The van der Waals surface area contributed by atoms with Crippen LogP contribution in [0.15, 0.2) is 23.1 Å². The van der Waals surface area contributed by atoms with Crippen molar-refractivity contribution in [2.75, 3.05) is 23.3 Å². The molecule has 1 rings (SSSR count). The molecule has 21 heavy (non-hydrogen) atoms. The first-order valence-corrected chi connectivity index (χ1v) is 7.96. The lowest BCUT2D eigenvalue weighted by molar-refractivity contribution is -0.115. The maximum absolute atomic E-state index is 11.6. The predicted octanol–water partition coefficient (Wildman–Crippen LogP) is 1.03. The molecule has 1 aromatic carbocycles. The van der Waals surface area contributed by atoms with Gasteiger partial charge >= 0.3 is 0 Å². The van der Waals surface area contributed by atoms with E-state index in [0.29, 0.717) is 24.5 Å². The minimum Gasteiger partial charge on any atom is -0.370 e. The van der Waals surface area contributed by atoms with Crippen molar-refractivity contribution in [1.82, 2.24) is 0 Å². The number of amides is 1. The fraction of sp³-hybridized carbons (Fsp3) is 0.385. The van der Waals surface area contributed by atoms with Crippen molar-refractivity contribution in [2.24, 2.45) is 5.14 Å². The smallest absolute Gasteiger partial charge is 0.238 e. The Morgan fingerprint density at radius 1 is 1.38 bits per heavy atom. The first kappa shape index (κ1) is 16.9. The molecule has 0 aliphatic heterocycles. The van der Waals surface area contributed by atoms with Crippen molar-refractivity contribution >= 4 is 27.3 Å². The highest BCUT2D eigenvalue weighted by molar-refractivity contribution is 7.89. The van der Waals surface area contributed by atoms with Gasteiger partial charge in [0.15, 0.2) is 0 Å². The van der Waals surface area contributed by atoms with Gasteiger partial charge in [-0.25, -0.2) is 13.6 Å². The van der Waals surface area contributed by atoms with Crippen LogP contribution in [0.4, 0.5) is 11.4 Å². The lowest BCUT2D eigenvalue weighted by Crippen LogP contribution is -2.24. The zero-order valence-corrected chi connectivity index (χ0v) is 12.8. The number of primary sulfonamides is 1. The van der Waals surface area contributed by atoms with Gasteiger partial charge in [-0.05, 0) is 32.0 Å². The van der Waals surface area contributed by atoms with Gasteiger partial charge in [-0.15, -0.1) is 0 Å². The Kier molecular flexibility index (Phi) is 5.69. The Morgan fingerprint density at radius 2 is 2.00 bits per heavy atom. The van der Waals surface area contributed by atoms with Crippen LogP contribution in [0.2, 0.25) is 0 Å². The number of nitrogens with one attached hydrogen (secondary N) is 1. The monoisotopic (exact) mass is 310 g/mol. The minimum atomic E-state index is -3.86. The minimum absolute atomic E-state index is 0.0920. The molecule has 0 atom stereocenters. The first-order chi connectivity index (χ1) is 9.83. The standard InChI is InChI=1S/C13H18N4O3S/c1-3-17(4-2)12-6-5-10(21(15,19)20)9-11(12)16-13(18)7-8-14/h5-6,9H,3-4,7H2,1-2H3,(H,16,18)(H2,15,19,20). The van der Waals surface area contributed by atoms with Gasteiger partial charge in [-0.3, -0.25) is 4.79 Å². The van der Waals surface area contributed by atoms with E-state index in [-0.39, 0.29) is 11.3 Å². The van der Waals surface area contributed by atoms with Gasteiger partial charge in [0.25, 0.3) is 0 Å². The first-order valence-electron chi connectivity index (χ1n) is 6.42. The number of nitrogens with two attached hydrogens (primary N) is 1. The van der Waals surface area contributed by atoms with Crippen LogP contribution in [0.3, 0.4) is 0 Å². The molecule has 0 bridgehead atoms. The van der Waals surface area contributed by atoms with Crippen LogP contribution in [-0.2, 0) is 14.8 Å². The summed E-state index contributed by atoms with van der Waals surface area (Å²) in [7, 11) is -3.86. The van der Waals surface area contributed by atoms with E-state index >= 15 is 0 Å². The molecular weight excluding hydrogens is 292 g/mol. The number of carbonyl (C=O) groups excluding carboxylic acids is 1. The largest absolute Gasteiger partial charge is 0.370 e. The van der Waals surface area contributed by atoms with Crippen LogP contribution in [-0.4, -0.2) is 27.4 Å². The second kappa shape index (κ2) is 7.06. The summed E-state index contributed by atoms with van der Waals surface area (Å²) in [5.41, 5.74) is 1.00. The molecule has 0 saturated carbocycles. The molecule has 0 spiro atoms. The Morgan fingerprint density at radius 3 is 2.48 bits per heavy atom. The molecule has 0 aliphatic rings. The van der Waals surface area contributed by atoms with Crippen LogP contribution < -0.4 is 15.4 Å². The lowest BCUT2D eigenvalue weighted by Gasteiger charge is -2.24. The van der Waals surface area contributed by atoms with E-state index < -0.39 is 15.9 Å². The third kappa shape index (κ3) is 4.44. The Balaban J connectivity index is 3.31. The van der Waals surface area contributed by atoms with Crippen molar-refractivity contribution in [1.29, 1.82) is 5.26 Å². The van der Waals surface area contributed by atoms with E-state index in [9.17, 15) is 13.2 Å². The molecule has 7 nitrogen and oxygen atoms in total. The zero-order valence-electron chi connectivity index (χ0n) is 12.0. The molecule has 3 N–H and O–H groups in total. The van der Waals surface area contributed by atoms with E-state index in [1.54, 1.807) is 12.1 Å². The number of sulfonamides is 1. The van der Waals surface area contributed by atoms with Crippen LogP contribution >= 0.6 is 0 Å². The quantitative estimate of drug-likeness (QED) is 0.814. The highest BCUT2D eigenvalue weighted by Gasteiger charge is 2.16. The topological polar surface area (TPSA) is 116 Å². The molecule has 1 amide bonds. The third-order valence-electron chi connectivity index (χ3n) is 2.91. The lowest BCUT2D eigenvalue weighted by atomic mass is 10.2. The fourth-order valence-electron chi connectivity index (χ4n) is 1.90. The number of rotatable bonds is 6. The van der Waals surface area contributed by atoms with Gasteiger partial charge in [0.05, 0.1) is 22.3 Å². The number of benzene rings is 1. The molecule has 8 heteroatoms. The summed E-state index contributed by atoms with van der Waals surface area (Å²) in [6, 6.07) is 6.03. The van der Waals surface area contributed by atoms with Crippen LogP contribution in [0, 0.1) is 11.3 Å². The Hall–Kier alpha value is -2.11. The van der Waals surface area contributed by atoms with Crippen molar-refractivity contribution in [3.63, 3.8) is 0 Å². The number of nitriles is 1. The van der Waals surface area contributed by atoms with Gasteiger partial charge < -0.3 is 10.2 Å². The molecule has 0 unspecified atom stereocenters. The summed E-state index contributed by atoms with van der Waals surface area (Å²) >= 11 is 0. The summed E-state index contributed by atoms with van der Waals surface area (Å²) in [5.74, 6) is -0.502. The molecule has 0 saturated heterocycles. The number of anilines is 2. The number of hydrogen-bond donors (Lipinski definition) is 2. The molecule has 0 heterocycles. The van der Waals surface area contributed by atoms with Crippen LogP contribution in [0.1, 0.15) is 20.3 Å². The van der Waals surface area contributed by atoms with E-state index in [4.69, 9.17) is 10.4 Å². The maximum atomic E-state index is 11.6. The van der Waals surface area contributed by atoms with Gasteiger partial charge in [-0.2, -0.15) is 5.26 Å². The Labute approximate surface area is 124 Å². The van der Waals surface area contributed by atoms with Gasteiger partial charge in [0.2, 0.25) is 15.9 Å². The molecular formula is C13H18N4O3S. The number of hydrogen-bond acceptors (Lipinski definition) is 5. The molecule has 0 aromatic heterocycles. The summed E-state index contributed by atoms with van der Waals surface area (Å²) in [5, 5.41) is 16.2. The fourth-order valence-corrected chi connectivity index (χ4v) is 2.44. The van der Waals surface area contributed by atoms with Crippen molar-refractivity contribution in [3.05, 3.63) is 18.2 Å². The highest BCUT2D eigenvalue weighted by atomic mass is 32.2. The second-order valence-corrected chi connectivity index (χ2v) is 5.84. The molecule has 0 radical (unpaired) electrons. The molecule has 0 aliphatic carbocycles. The SMILES string of the molecule is CCN(CC)c1ccc(S(N)(=O)=O)cc1NC(=O)CC#N. The van der Waals surface area contributed by atoms with Gasteiger partial charge in [0.1, 0.15) is 6.42 Å². The second-order valence-electron chi connectivity index (χ2n) is 4.28. The van der Waals surface area contributed by atoms with E-state index in [1.807, 2.05) is 18.7 Å². The summed E-state index contributed by atoms with van der Waals surface area (Å²) < 4.78 is 22.8. The summed E-state index contributed by atoms with van der Waals surface area (Å²) in [6.45, 7) is 5.26. The zero-order chi connectivity index (χ0) is 16.0.